The molecule has 138 valence electrons. The number of aromatic nitrogens is 2. The van der Waals surface area contributed by atoms with Gasteiger partial charge >= 0.3 is 0 Å². The Balaban J connectivity index is 1.54. The molecule has 3 aromatic rings. The van der Waals surface area contributed by atoms with Crippen LogP contribution in [0.1, 0.15) is 29.8 Å². The molecule has 0 bridgehead atoms. The first-order valence-corrected chi connectivity index (χ1v) is 9.77. The number of halogens is 1. The Morgan fingerprint density at radius 2 is 1.85 bits per heavy atom. The smallest absolute Gasteiger partial charge is 0.234 e. The second kappa shape index (κ2) is 7.84. The first-order chi connectivity index (χ1) is 13.2. The summed E-state index contributed by atoms with van der Waals surface area (Å²) in [6.45, 7) is 3.81. The van der Waals surface area contributed by atoms with Crippen molar-refractivity contribution in [2.24, 2.45) is 4.99 Å². The molecule has 4 rings (SSSR count). The Kier molecular flexibility index (Phi) is 5.11. The molecular formula is C20H20FN5S. The normalized spacial score (nSPS) is 15.0. The van der Waals surface area contributed by atoms with Crippen LogP contribution >= 0.6 is 11.3 Å². The number of benzene rings is 2. The van der Waals surface area contributed by atoms with Gasteiger partial charge in [-0.05, 0) is 23.6 Å². The van der Waals surface area contributed by atoms with E-state index in [0.717, 1.165) is 41.6 Å². The summed E-state index contributed by atoms with van der Waals surface area (Å²) >= 11 is 1.42. The number of aliphatic imine (C=N–C) groups is 1. The zero-order valence-electron chi connectivity index (χ0n) is 14.9. The summed E-state index contributed by atoms with van der Waals surface area (Å²) in [6.07, 6.45) is 1.07. The van der Waals surface area contributed by atoms with Crippen molar-refractivity contribution in [3.05, 3.63) is 64.9 Å². The van der Waals surface area contributed by atoms with Crippen molar-refractivity contribution in [3.8, 4) is 11.1 Å². The molecule has 0 aliphatic carbocycles. The molecule has 1 atom stereocenters. The Morgan fingerprint density at radius 3 is 2.59 bits per heavy atom. The van der Waals surface area contributed by atoms with Crippen LogP contribution in [0.4, 0.5) is 9.52 Å². The van der Waals surface area contributed by atoms with E-state index in [0.29, 0.717) is 10.7 Å². The van der Waals surface area contributed by atoms with E-state index >= 15 is 0 Å². The lowest BCUT2D eigenvalue weighted by molar-refractivity contribution is 0.627. The third kappa shape index (κ3) is 3.98. The van der Waals surface area contributed by atoms with Crippen LogP contribution in [-0.2, 0) is 0 Å². The Morgan fingerprint density at radius 1 is 1.07 bits per heavy atom. The fourth-order valence-electron chi connectivity index (χ4n) is 2.98. The summed E-state index contributed by atoms with van der Waals surface area (Å²) in [5.74, 6) is 0.448. The third-order valence-corrected chi connectivity index (χ3v) is 5.52. The van der Waals surface area contributed by atoms with Gasteiger partial charge in [0.1, 0.15) is 10.8 Å². The standard InChI is InChI=1S/C20H20FN5S/c1-13(18-25-26-20(27-18)24-19-22-10-5-11-23-19)15-8-9-16(17(21)12-15)14-6-3-2-4-7-14/h2-4,6-9,12-13H,5,10-11H2,1H3,(H2,22,23,24,26). The average molecular weight is 381 g/mol. The molecule has 0 radical (unpaired) electrons. The van der Waals surface area contributed by atoms with E-state index in [1.807, 2.05) is 49.4 Å². The summed E-state index contributed by atoms with van der Waals surface area (Å²) < 4.78 is 14.7. The van der Waals surface area contributed by atoms with E-state index in [9.17, 15) is 4.39 Å². The van der Waals surface area contributed by atoms with Crippen LogP contribution in [0.25, 0.3) is 11.1 Å². The molecule has 5 nitrogen and oxygen atoms in total. The van der Waals surface area contributed by atoms with Crippen LogP contribution in [0.15, 0.2) is 53.5 Å². The fraction of sp³-hybridized carbons (Fsp3) is 0.250. The Labute approximate surface area is 161 Å². The Hall–Kier alpha value is -2.80. The van der Waals surface area contributed by atoms with Crippen molar-refractivity contribution in [3.63, 3.8) is 0 Å². The number of guanidine groups is 1. The van der Waals surface area contributed by atoms with Gasteiger partial charge in [-0.2, -0.15) is 4.99 Å². The first kappa shape index (κ1) is 17.6. The molecule has 1 saturated heterocycles. The first-order valence-electron chi connectivity index (χ1n) is 8.95. The monoisotopic (exact) mass is 381 g/mol. The molecule has 27 heavy (non-hydrogen) atoms. The maximum atomic E-state index is 14.7. The largest absolute Gasteiger partial charge is 0.356 e. The van der Waals surface area contributed by atoms with Crippen molar-refractivity contribution in [2.75, 3.05) is 13.1 Å². The van der Waals surface area contributed by atoms with E-state index in [-0.39, 0.29) is 11.7 Å². The van der Waals surface area contributed by atoms with Crippen LogP contribution in [0, 0.1) is 5.82 Å². The number of hydrogen-bond acceptors (Lipinski definition) is 4. The summed E-state index contributed by atoms with van der Waals surface area (Å²) in [6, 6.07) is 14.9. The number of rotatable bonds is 4. The topological polar surface area (TPSA) is 62.2 Å². The highest BCUT2D eigenvalue weighted by Crippen LogP contribution is 2.32. The average Bonchev–Trinajstić information content (AvgIpc) is 3.17. The lowest BCUT2D eigenvalue weighted by Crippen LogP contribution is -2.43. The second-order valence-corrected chi connectivity index (χ2v) is 7.40. The number of nitrogens with one attached hydrogen (secondary N) is 2. The van der Waals surface area contributed by atoms with Gasteiger partial charge in [0.15, 0.2) is 5.96 Å². The van der Waals surface area contributed by atoms with Gasteiger partial charge < -0.3 is 10.6 Å². The van der Waals surface area contributed by atoms with E-state index in [4.69, 9.17) is 0 Å². The van der Waals surface area contributed by atoms with Crippen LogP contribution < -0.4 is 10.6 Å². The molecule has 1 aromatic heterocycles. The van der Waals surface area contributed by atoms with Gasteiger partial charge in [-0.1, -0.05) is 60.7 Å². The highest BCUT2D eigenvalue weighted by Gasteiger charge is 2.17. The van der Waals surface area contributed by atoms with Crippen LogP contribution in [0.2, 0.25) is 0 Å². The Bertz CT molecular complexity index is 946. The zero-order chi connectivity index (χ0) is 18.6. The molecule has 7 heteroatoms. The number of hydrogen-bond donors (Lipinski definition) is 2. The predicted octanol–water partition coefficient (Wildman–Crippen LogP) is 4.07. The third-order valence-electron chi connectivity index (χ3n) is 4.52. The van der Waals surface area contributed by atoms with Gasteiger partial charge in [0, 0.05) is 24.6 Å². The second-order valence-electron chi connectivity index (χ2n) is 6.42. The summed E-state index contributed by atoms with van der Waals surface area (Å²) in [5.41, 5.74) is 2.34. The minimum Gasteiger partial charge on any atom is -0.356 e. The summed E-state index contributed by atoms with van der Waals surface area (Å²) in [7, 11) is 0. The number of nitrogens with zero attached hydrogens (tertiary/aromatic N) is 3. The maximum Gasteiger partial charge on any atom is 0.234 e. The van der Waals surface area contributed by atoms with E-state index in [2.05, 4.69) is 25.8 Å². The van der Waals surface area contributed by atoms with E-state index in [1.165, 1.54) is 11.3 Å². The van der Waals surface area contributed by atoms with Crippen molar-refractivity contribution in [1.29, 1.82) is 0 Å². The molecule has 1 unspecified atom stereocenters. The fourth-order valence-corrected chi connectivity index (χ4v) is 3.78. The summed E-state index contributed by atoms with van der Waals surface area (Å²) in [4.78, 5) is 4.45. The molecule has 1 fully saturated rings. The van der Waals surface area contributed by atoms with Crippen molar-refractivity contribution >= 4 is 22.4 Å². The molecule has 0 amide bonds. The van der Waals surface area contributed by atoms with Gasteiger partial charge in [-0.3, -0.25) is 0 Å². The molecular weight excluding hydrogens is 361 g/mol. The predicted molar refractivity (Wildman–Crippen MR) is 107 cm³/mol. The van der Waals surface area contributed by atoms with Crippen molar-refractivity contribution in [1.82, 2.24) is 20.8 Å². The lowest BCUT2D eigenvalue weighted by Gasteiger charge is -2.16. The van der Waals surface area contributed by atoms with Gasteiger partial charge in [-0.25, -0.2) is 4.39 Å². The molecule has 1 aliphatic rings. The van der Waals surface area contributed by atoms with Crippen molar-refractivity contribution in [2.45, 2.75) is 19.3 Å². The van der Waals surface area contributed by atoms with Gasteiger partial charge in [0.05, 0.1) is 0 Å². The van der Waals surface area contributed by atoms with E-state index < -0.39 is 0 Å². The summed E-state index contributed by atoms with van der Waals surface area (Å²) in [5, 5.41) is 16.2. The highest BCUT2D eigenvalue weighted by atomic mass is 32.1. The van der Waals surface area contributed by atoms with Crippen LogP contribution in [-0.4, -0.2) is 29.2 Å². The van der Waals surface area contributed by atoms with Crippen LogP contribution in [0.5, 0.6) is 0 Å². The molecule has 1 aliphatic heterocycles. The van der Waals surface area contributed by atoms with Gasteiger partial charge in [0.2, 0.25) is 5.13 Å². The van der Waals surface area contributed by atoms with Crippen molar-refractivity contribution < 1.29 is 4.39 Å². The minimum atomic E-state index is -0.230. The quantitative estimate of drug-likeness (QED) is 0.715. The highest BCUT2D eigenvalue weighted by molar-refractivity contribution is 7.15. The van der Waals surface area contributed by atoms with Crippen LogP contribution in [0.3, 0.4) is 0 Å². The maximum absolute atomic E-state index is 14.7. The van der Waals surface area contributed by atoms with E-state index in [1.54, 1.807) is 6.07 Å². The molecule has 0 saturated carbocycles. The molecule has 2 heterocycles. The molecule has 2 N–H and O–H groups in total. The van der Waals surface area contributed by atoms with Gasteiger partial charge in [0.25, 0.3) is 0 Å². The molecule has 2 aromatic carbocycles. The lowest BCUT2D eigenvalue weighted by atomic mass is 9.97. The SMILES string of the molecule is CC(c1ccc(-c2ccccc2)c(F)c1)c1nnc(N=C2NCCCN2)s1. The zero-order valence-corrected chi connectivity index (χ0v) is 15.8. The minimum absolute atomic E-state index is 0.0527. The van der Waals surface area contributed by atoms with Gasteiger partial charge in [-0.15, -0.1) is 10.2 Å². The molecule has 0 spiro atoms.